The Labute approximate surface area is 116 Å². The molecule has 0 bridgehead atoms. The van der Waals surface area contributed by atoms with Crippen LogP contribution in [-0.4, -0.2) is 18.6 Å². The van der Waals surface area contributed by atoms with Gasteiger partial charge in [-0.1, -0.05) is 28.8 Å². The molecule has 18 heavy (non-hydrogen) atoms. The van der Waals surface area contributed by atoms with Crippen molar-refractivity contribution in [3.63, 3.8) is 0 Å². The van der Waals surface area contributed by atoms with E-state index in [1.165, 1.54) is 12.8 Å². The Kier molecular flexibility index (Phi) is 5.05. The summed E-state index contributed by atoms with van der Waals surface area (Å²) in [6.07, 6.45) is 5.14. The lowest BCUT2D eigenvalue weighted by Crippen LogP contribution is -2.33. The van der Waals surface area contributed by atoms with E-state index in [1.807, 2.05) is 24.3 Å². The maximum atomic E-state index is 11.6. The maximum Gasteiger partial charge on any atom is 0.223 e. The van der Waals surface area contributed by atoms with Crippen molar-refractivity contribution >= 4 is 21.8 Å². The van der Waals surface area contributed by atoms with Crippen LogP contribution in [0.3, 0.4) is 0 Å². The second kappa shape index (κ2) is 6.78. The smallest absolute Gasteiger partial charge is 0.223 e. The van der Waals surface area contributed by atoms with Gasteiger partial charge in [-0.15, -0.1) is 0 Å². The highest BCUT2D eigenvalue weighted by Crippen LogP contribution is 2.18. The summed E-state index contributed by atoms with van der Waals surface area (Å²) in [6.45, 7) is 0.431. The number of carbonyl (C=O) groups excluding carboxylic acids is 1. The van der Waals surface area contributed by atoms with Crippen LogP contribution in [0.2, 0.25) is 0 Å². The number of nitrogens with one attached hydrogen (secondary N) is 1. The molecule has 0 spiro atoms. The molecule has 0 aromatic heterocycles. The quantitative estimate of drug-likeness (QED) is 0.906. The van der Waals surface area contributed by atoms with Gasteiger partial charge in [0.05, 0.1) is 13.0 Å². The predicted octanol–water partition coefficient (Wildman–Crippen LogP) is 3.28. The van der Waals surface area contributed by atoms with E-state index in [9.17, 15) is 4.79 Å². The Balaban J connectivity index is 1.65. The summed E-state index contributed by atoms with van der Waals surface area (Å²) in [5, 5.41) is 3.05. The van der Waals surface area contributed by atoms with E-state index in [4.69, 9.17) is 4.74 Å². The summed E-state index contributed by atoms with van der Waals surface area (Å²) in [7, 11) is 0. The van der Waals surface area contributed by atoms with E-state index >= 15 is 0 Å². The monoisotopic (exact) mass is 311 g/mol. The lowest BCUT2D eigenvalue weighted by Gasteiger charge is -2.12. The molecule has 1 aromatic carbocycles. The highest BCUT2D eigenvalue weighted by atomic mass is 79.9. The van der Waals surface area contributed by atoms with Crippen LogP contribution in [0.1, 0.15) is 32.1 Å². The van der Waals surface area contributed by atoms with Crippen molar-refractivity contribution in [3.8, 4) is 5.75 Å². The first-order valence-electron chi connectivity index (χ1n) is 6.42. The fourth-order valence-corrected chi connectivity index (χ4v) is 2.43. The van der Waals surface area contributed by atoms with Crippen molar-refractivity contribution in [2.24, 2.45) is 0 Å². The van der Waals surface area contributed by atoms with Crippen molar-refractivity contribution in [2.45, 2.75) is 38.1 Å². The minimum absolute atomic E-state index is 0.0963. The summed E-state index contributed by atoms with van der Waals surface area (Å²) in [5.41, 5.74) is 0. The van der Waals surface area contributed by atoms with Gasteiger partial charge in [0.15, 0.2) is 0 Å². The van der Waals surface area contributed by atoms with Gasteiger partial charge < -0.3 is 10.1 Å². The van der Waals surface area contributed by atoms with Crippen LogP contribution in [-0.2, 0) is 4.79 Å². The highest BCUT2D eigenvalue weighted by Gasteiger charge is 2.16. The first-order valence-corrected chi connectivity index (χ1v) is 7.21. The molecular weight excluding hydrogens is 294 g/mol. The van der Waals surface area contributed by atoms with Crippen LogP contribution in [0.25, 0.3) is 0 Å². The molecule has 1 aliphatic rings. The Bertz CT molecular complexity index is 385. The van der Waals surface area contributed by atoms with Crippen LogP contribution >= 0.6 is 15.9 Å². The number of halogens is 1. The minimum atomic E-state index is 0.0963. The van der Waals surface area contributed by atoms with Crippen molar-refractivity contribution in [1.82, 2.24) is 5.32 Å². The Morgan fingerprint density at radius 1 is 1.28 bits per heavy atom. The van der Waals surface area contributed by atoms with E-state index in [0.29, 0.717) is 19.1 Å². The Morgan fingerprint density at radius 2 is 1.94 bits per heavy atom. The zero-order valence-electron chi connectivity index (χ0n) is 10.3. The minimum Gasteiger partial charge on any atom is -0.493 e. The van der Waals surface area contributed by atoms with Crippen molar-refractivity contribution in [2.75, 3.05) is 6.61 Å². The molecule has 0 radical (unpaired) electrons. The molecule has 4 heteroatoms. The fourth-order valence-electron chi connectivity index (χ4n) is 2.16. The van der Waals surface area contributed by atoms with E-state index in [-0.39, 0.29) is 5.91 Å². The standard InChI is InChI=1S/C14H18BrNO2/c15-11-5-7-13(8-6-11)18-10-9-14(17)16-12-3-1-2-4-12/h5-8,12H,1-4,9-10H2,(H,16,17). The molecule has 0 heterocycles. The second-order valence-electron chi connectivity index (χ2n) is 4.60. The van der Waals surface area contributed by atoms with E-state index in [0.717, 1.165) is 23.1 Å². The zero-order valence-corrected chi connectivity index (χ0v) is 11.9. The van der Waals surface area contributed by atoms with Crippen LogP contribution in [0.4, 0.5) is 0 Å². The van der Waals surface area contributed by atoms with Crippen LogP contribution in [0.15, 0.2) is 28.7 Å². The molecule has 0 aliphatic heterocycles. The molecule has 1 saturated carbocycles. The van der Waals surface area contributed by atoms with E-state index < -0.39 is 0 Å². The molecule has 1 aromatic rings. The molecule has 0 saturated heterocycles. The molecule has 1 N–H and O–H groups in total. The maximum absolute atomic E-state index is 11.6. The van der Waals surface area contributed by atoms with Crippen LogP contribution in [0, 0.1) is 0 Å². The van der Waals surface area contributed by atoms with Crippen molar-refractivity contribution in [1.29, 1.82) is 0 Å². The third-order valence-corrected chi connectivity index (χ3v) is 3.66. The van der Waals surface area contributed by atoms with Gasteiger partial charge in [0.25, 0.3) is 0 Å². The Morgan fingerprint density at radius 3 is 2.61 bits per heavy atom. The normalized spacial score (nSPS) is 15.6. The van der Waals surface area contributed by atoms with Gasteiger partial charge >= 0.3 is 0 Å². The summed E-state index contributed by atoms with van der Waals surface area (Å²) >= 11 is 3.37. The van der Waals surface area contributed by atoms with Gasteiger partial charge in [-0.25, -0.2) is 0 Å². The van der Waals surface area contributed by atoms with Gasteiger partial charge in [0.1, 0.15) is 5.75 Å². The molecule has 0 unspecified atom stereocenters. The van der Waals surface area contributed by atoms with Crippen LogP contribution < -0.4 is 10.1 Å². The second-order valence-corrected chi connectivity index (χ2v) is 5.52. The fraction of sp³-hybridized carbons (Fsp3) is 0.500. The number of amides is 1. The number of rotatable bonds is 5. The van der Waals surface area contributed by atoms with Gasteiger partial charge in [0, 0.05) is 10.5 Å². The largest absolute Gasteiger partial charge is 0.493 e. The van der Waals surface area contributed by atoms with E-state index in [1.54, 1.807) is 0 Å². The molecule has 1 fully saturated rings. The molecule has 0 atom stereocenters. The lowest BCUT2D eigenvalue weighted by atomic mass is 10.2. The SMILES string of the molecule is O=C(CCOc1ccc(Br)cc1)NC1CCCC1. The third-order valence-electron chi connectivity index (χ3n) is 3.13. The predicted molar refractivity (Wildman–Crippen MR) is 74.7 cm³/mol. The molecule has 3 nitrogen and oxygen atoms in total. The topological polar surface area (TPSA) is 38.3 Å². The molecule has 1 amide bonds. The van der Waals surface area contributed by atoms with Gasteiger partial charge in [-0.2, -0.15) is 0 Å². The zero-order chi connectivity index (χ0) is 12.8. The summed E-state index contributed by atoms with van der Waals surface area (Å²) in [5.74, 6) is 0.894. The van der Waals surface area contributed by atoms with Crippen molar-refractivity contribution in [3.05, 3.63) is 28.7 Å². The van der Waals surface area contributed by atoms with Gasteiger partial charge in [0.2, 0.25) is 5.91 Å². The third kappa shape index (κ3) is 4.33. The van der Waals surface area contributed by atoms with Crippen molar-refractivity contribution < 1.29 is 9.53 Å². The van der Waals surface area contributed by atoms with Gasteiger partial charge in [-0.3, -0.25) is 4.79 Å². The lowest BCUT2D eigenvalue weighted by molar-refractivity contribution is -0.122. The summed E-state index contributed by atoms with van der Waals surface area (Å²) in [6, 6.07) is 8.02. The summed E-state index contributed by atoms with van der Waals surface area (Å²) < 4.78 is 6.54. The highest BCUT2D eigenvalue weighted by molar-refractivity contribution is 9.10. The number of hydrogen-bond donors (Lipinski definition) is 1. The number of carbonyl (C=O) groups is 1. The number of ether oxygens (including phenoxy) is 1. The first kappa shape index (κ1) is 13.4. The van der Waals surface area contributed by atoms with Gasteiger partial charge in [-0.05, 0) is 37.1 Å². The van der Waals surface area contributed by atoms with E-state index in [2.05, 4.69) is 21.2 Å². The molecule has 98 valence electrons. The van der Waals surface area contributed by atoms with Crippen LogP contribution in [0.5, 0.6) is 5.75 Å². The summed E-state index contributed by atoms with van der Waals surface area (Å²) in [4.78, 5) is 11.6. The molecule has 1 aliphatic carbocycles. The number of benzene rings is 1. The first-order chi connectivity index (χ1) is 8.74. The molecule has 2 rings (SSSR count). The Hall–Kier alpha value is -1.03. The number of hydrogen-bond acceptors (Lipinski definition) is 2. The average molecular weight is 312 g/mol. The molecular formula is C14H18BrNO2. The average Bonchev–Trinajstić information content (AvgIpc) is 2.84.